The maximum atomic E-state index is 11.9. The molecule has 2 N–H and O–H groups in total. The molecule has 3 heterocycles. The second-order valence-corrected chi connectivity index (χ2v) is 8.52. The monoisotopic (exact) mass is 427 g/mol. The Morgan fingerprint density at radius 3 is 2.16 bits per heavy atom. The topological polar surface area (TPSA) is 113 Å². The molecule has 0 aliphatic rings. The van der Waals surface area contributed by atoms with Gasteiger partial charge in [0.1, 0.15) is 0 Å². The molecule has 0 aliphatic carbocycles. The molecule has 7 nitrogen and oxygen atoms in total. The summed E-state index contributed by atoms with van der Waals surface area (Å²) in [6.07, 6.45) is 3.05. The van der Waals surface area contributed by atoms with Crippen molar-refractivity contribution >= 4 is 22.8 Å². The molecule has 0 radical (unpaired) electrons. The molecule has 3 aromatic heterocycles. The van der Waals surface area contributed by atoms with E-state index in [0.29, 0.717) is 16.8 Å². The summed E-state index contributed by atoms with van der Waals surface area (Å²) in [5, 5.41) is 19.9. The van der Waals surface area contributed by atoms with Crippen LogP contribution in [-0.4, -0.2) is 37.1 Å². The van der Waals surface area contributed by atoms with E-state index in [9.17, 15) is 19.8 Å². The van der Waals surface area contributed by atoms with Crippen LogP contribution in [0.2, 0.25) is 0 Å². The number of benzene rings is 1. The van der Waals surface area contributed by atoms with Gasteiger partial charge in [0.25, 0.3) is 0 Å². The van der Waals surface area contributed by atoms with E-state index in [2.05, 4.69) is 41.8 Å². The third kappa shape index (κ3) is 4.05. The predicted octanol–water partition coefficient (Wildman–Crippen LogP) is 5.05. The number of nitrogens with zero attached hydrogens (tertiary/aromatic N) is 3. The van der Waals surface area contributed by atoms with Crippen LogP contribution in [0.5, 0.6) is 0 Å². The molecule has 1 aromatic carbocycles. The number of carboxylic acid groups (broad SMARTS) is 2. The third-order valence-corrected chi connectivity index (χ3v) is 5.19. The molecule has 0 amide bonds. The summed E-state index contributed by atoms with van der Waals surface area (Å²) in [5.41, 5.74) is 3.36. The van der Waals surface area contributed by atoms with Crippen molar-refractivity contribution in [1.29, 1.82) is 0 Å². The van der Waals surface area contributed by atoms with Gasteiger partial charge < -0.3 is 10.2 Å². The highest BCUT2D eigenvalue weighted by Gasteiger charge is 2.20. The Morgan fingerprint density at radius 2 is 1.47 bits per heavy atom. The maximum Gasteiger partial charge on any atom is 0.335 e. The number of aromatic carboxylic acids is 2. The van der Waals surface area contributed by atoms with Crippen LogP contribution >= 0.6 is 0 Å². The number of hydrogen-bond acceptors (Lipinski definition) is 5. The Morgan fingerprint density at radius 1 is 0.781 bits per heavy atom. The van der Waals surface area contributed by atoms with Crippen molar-refractivity contribution < 1.29 is 19.8 Å². The highest BCUT2D eigenvalue weighted by atomic mass is 16.4. The second-order valence-electron chi connectivity index (χ2n) is 8.52. The van der Waals surface area contributed by atoms with Crippen LogP contribution in [0.25, 0.3) is 33.5 Å². The molecule has 0 atom stereocenters. The fraction of sp³-hybridized carbons (Fsp3) is 0.160. The van der Waals surface area contributed by atoms with Gasteiger partial charge in [0, 0.05) is 23.3 Å². The Kier molecular flexibility index (Phi) is 5.18. The zero-order valence-corrected chi connectivity index (χ0v) is 17.8. The van der Waals surface area contributed by atoms with Crippen LogP contribution in [0.4, 0.5) is 0 Å². The number of fused-ring (bicyclic) bond motifs is 1. The maximum absolute atomic E-state index is 11.9. The molecule has 160 valence electrons. The van der Waals surface area contributed by atoms with Gasteiger partial charge in [-0.25, -0.2) is 14.6 Å². The van der Waals surface area contributed by atoms with Crippen LogP contribution in [0.1, 0.15) is 47.1 Å². The molecule has 4 rings (SSSR count). The van der Waals surface area contributed by atoms with Crippen LogP contribution < -0.4 is 0 Å². The molecule has 0 spiro atoms. The molecular formula is C25H21N3O4. The van der Waals surface area contributed by atoms with Crippen LogP contribution in [0, 0.1) is 0 Å². The van der Waals surface area contributed by atoms with E-state index in [0.717, 1.165) is 10.9 Å². The summed E-state index contributed by atoms with van der Waals surface area (Å²) in [6, 6.07) is 13.5. The number of hydrogen-bond donors (Lipinski definition) is 2. The summed E-state index contributed by atoms with van der Waals surface area (Å²) < 4.78 is 0. The first-order chi connectivity index (χ1) is 15.1. The number of carbonyl (C=O) groups is 2. The minimum Gasteiger partial charge on any atom is -0.478 e. The van der Waals surface area contributed by atoms with Crippen molar-refractivity contribution in [2.45, 2.75) is 26.2 Å². The predicted molar refractivity (Wildman–Crippen MR) is 121 cm³/mol. The smallest absolute Gasteiger partial charge is 0.335 e. The highest BCUT2D eigenvalue weighted by Crippen LogP contribution is 2.34. The minimum absolute atomic E-state index is 0.0257. The molecule has 0 saturated carbocycles. The number of carboxylic acids is 2. The lowest BCUT2D eigenvalue weighted by molar-refractivity contribution is 0.0686. The third-order valence-electron chi connectivity index (χ3n) is 5.19. The van der Waals surface area contributed by atoms with Crippen molar-refractivity contribution in [3.05, 3.63) is 77.6 Å². The fourth-order valence-electron chi connectivity index (χ4n) is 3.45. The summed E-state index contributed by atoms with van der Waals surface area (Å²) in [7, 11) is 0. The van der Waals surface area contributed by atoms with Crippen molar-refractivity contribution in [2.75, 3.05) is 0 Å². The van der Waals surface area contributed by atoms with E-state index in [1.54, 1.807) is 6.20 Å². The molecule has 0 aliphatic heterocycles. The fourth-order valence-corrected chi connectivity index (χ4v) is 3.45. The van der Waals surface area contributed by atoms with Gasteiger partial charge in [-0.15, -0.1) is 0 Å². The largest absolute Gasteiger partial charge is 0.478 e. The Hall–Kier alpha value is -4.13. The molecule has 4 aromatic rings. The molecule has 32 heavy (non-hydrogen) atoms. The summed E-state index contributed by atoms with van der Waals surface area (Å²) >= 11 is 0. The molecule has 0 saturated heterocycles. The zero-order chi connectivity index (χ0) is 23.0. The van der Waals surface area contributed by atoms with Crippen molar-refractivity contribution in [3.63, 3.8) is 0 Å². The van der Waals surface area contributed by atoms with E-state index in [-0.39, 0.29) is 27.9 Å². The SMILES string of the molecule is CC(C)(C)c1cc(-c2cc(C(=O)O)cc(-c3cc(C(=O)O)ccn3)n2)c2ncccc2c1. The van der Waals surface area contributed by atoms with E-state index >= 15 is 0 Å². The van der Waals surface area contributed by atoms with Crippen LogP contribution in [-0.2, 0) is 5.41 Å². The highest BCUT2D eigenvalue weighted by molar-refractivity contribution is 5.96. The first kappa shape index (κ1) is 21.1. The summed E-state index contributed by atoms with van der Waals surface area (Å²) in [5.74, 6) is -2.22. The van der Waals surface area contributed by atoms with Gasteiger partial charge in [-0.3, -0.25) is 9.97 Å². The molecular weight excluding hydrogens is 406 g/mol. The molecule has 0 unspecified atom stereocenters. The van der Waals surface area contributed by atoms with Gasteiger partial charge in [0.2, 0.25) is 0 Å². The number of rotatable bonds is 4. The van der Waals surface area contributed by atoms with Gasteiger partial charge in [0.15, 0.2) is 0 Å². The summed E-state index contributed by atoms with van der Waals surface area (Å²) in [6.45, 7) is 6.30. The van der Waals surface area contributed by atoms with Crippen LogP contribution in [0.3, 0.4) is 0 Å². The van der Waals surface area contributed by atoms with Gasteiger partial charge >= 0.3 is 11.9 Å². The Labute approximate surface area is 184 Å². The quantitative estimate of drug-likeness (QED) is 0.468. The van der Waals surface area contributed by atoms with Gasteiger partial charge in [-0.2, -0.15) is 0 Å². The Balaban J connectivity index is 2.01. The molecule has 7 heteroatoms. The van der Waals surface area contributed by atoms with E-state index in [4.69, 9.17) is 0 Å². The van der Waals surface area contributed by atoms with Crippen molar-refractivity contribution in [2.24, 2.45) is 0 Å². The lowest BCUT2D eigenvalue weighted by Gasteiger charge is -2.21. The number of aromatic nitrogens is 3. The first-order valence-corrected chi connectivity index (χ1v) is 9.98. The Bertz CT molecular complexity index is 1370. The van der Waals surface area contributed by atoms with E-state index in [1.165, 1.54) is 30.5 Å². The van der Waals surface area contributed by atoms with Crippen molar-refractivity contribution in [1.82, 2.24) is 15.0 Å². The van der Waals surface area contributed by atoms with E-state index < -0.39 is 11.9 Å². The molecule has 0 fully saturated rings. The van der Waals surface area contributed by atoms with Crippen molar-refractivity contribution in [3.8, 4) is 22.6 Å². The standard InChI is InChI=1S/C25H21N3O4/c1-25(2,3)17-9-14-5-4-7-27-22(14)18(13-17)19-11-16(24(31)32)12-21(28-19)20-10-15(23(29)30)6-8-26-20/h4-13H,1-3H3,(H,29,30)(H,31,32). The lowest BCUT2D eigenvalue weighted by atomic mass is 9.84. The molecule has 0 bridgehead atoms. The zero-order valence-electron chi connectivity index (χ0n) is 17.8. The average Bonchev–Trinajstić information content (AvgIpc) is 2.77. The van der Waals surface area contributed by atoms with Gasteiger partial charge in [-0.05, 0) is 53.4 Å². The van der Waals surface area contributed by atoms with E-state index in [1.807, 2.05) is 18.2 Å². The lowest BCUT2D eigenvalue weighted by Crippen LogP contribution is -2.11. The normalized spacial score (nSPS) is 11.5. The number of pyridine rings is 3. The average molecular weight is 427 g/mol. The second kappa shape index (κ2) is 7.85. The van der Waals surface area contributed by atoms with Crippen LogP contribution in [0.15, 0.2) is 60.9 Å². The first-order valence-electron chi connectivity index (χ1n) is 9.98. The van der Waals surface area contributed by atoms with Gasteiger partial charge in [-0.1, -0.05) is 26.8 Å². The van der Waals surface area contributed by atoms with Gasteiger partial charge in [0.05, 0.1) is 33.7 Å². The summed E-state index contributed by atoms with van der Waals surface area (Å²) in [4.78, 5) is 36.6. The minimum atomic E-state index is -1.12.